The molecule has 1 atom stereocenters. The summed E-state index contributed by atoms with van der Waals surface area (Å²) in [6.45, 7) is 1.10. The van der Waals surface area contributed by atoms with Crippen molar-refractivity contribution >= 4 is 50.7 Å². The van der Waals surface area contributed by atoms with Gasteiger partial charge < -0.3 is 10.2 Å². The van der Waals surface area contributed by atoms with E-state index in [0.717, 1.165) is 48.7 Å². The van der Waals surface area contributed by atoms with Crippen LogP contribution in [0.3, 0.4) is 0 Å². The summed E-state index contributed by atoms with van der Waals surface area (Å²) in [4.78, 5) is 28.4. The zero-order chi connectivity index (χ0) is 27.2. The first-order chi connectivity index (χ1) is 17.5. The monoisotopic (exact) mass is 571 g/mol. The van der Waals surface area contributed by atoms with Crippen LogP contribution < -0.4 is 9.62 Å². The SMILES string of the molecule is CC[C@@H](C(=O)NC1CCCCC1)N(Cc1ccc(Cl)c(Cl)c1)C(=O)CN(c1ccccc1F)S(C)(=O)=O. The van der Waals surface area contributed by atoms with E-state index in [-0.39, 0.29) is 29.2 Å². The number of hydrogen-bond donors (Lipinski definition) is 1. The molecule has 7 nitrogen and oxygen atoms in total. The van der Waals surface area contributed by atoms with Crippen LogP contribution in [0, 0.1) is 5.82 Å². The highest BCUT2D eigenvalue weighted by atomic mass is 35.5. The van der Waals surface area contributed by atoms with Crippen LogP contribution in [0.15, 0.2) is 42.5 Å². The zero-order valence-electron chi connectivity index (χ0n) is 20.9. The molecule has 0 unspecified atom stereocenters. The fraction of sp³-hybridized carbons (Fsp3) is 0.462. The highest BCUT2D eigenvalue weighted by Gasteiger charge is 2.33. The first-order valence-electron chi connectivity index (χ1n) is 12.3. The Labute approximate surface area is 228 Å². The Hall–Kier alpha value is -2.36. The second-order valence-electron chi connectivity index (χ2n) is 9.26. The molecule has 1 saturated carbocycles. The zero-order valence-corrected chi connectivity index (χ0v) is 23.3. The molecule has 0 radical (unpaired) electrons. The minimum atomic E-state index is -4.02. The third-order valence-corrected chi connectivity index (χ3v) is 8.34. The van der Waals surface area contributed by atoms with Gasteiger partial charge in [-0.15, -0.1) is 0 Å². The minimum Gasteiger partial charge on any atom is -0.352 e. The van der Waals surface area contributed by atoms with Crippen LogP contribution in [0.5, 0.6) is 0 Å². The summed E-state index contributed by atoms with van der Waals surface area (Å²) in [5, 5.41) is 3.69. The molecule has 1 aliphatic carbocycles. The highest BCUT2D eigenvalue weighted by Crippen LogP contribution is 2.26. The van der Waals surface area contributed by atoms with Gasteiger partial charge >= 0.3 is 0 Å². The molecule has 1 fully saturated rings. The molecule has 0 aliphatic heterocycles. The van der Waals surface area contributed by atoms with Gasteiger partial charge in [0.25, 0.3) is 0 Å². The van der Waals surface area contributed by atoms with E-state index in [1.54, 1.807) is 25.1 Å². The van der Waals surface area contributed by atoms with Crippen LogP contribution in [-0.4, -0.2) is 50.0 Å². The number of carbonyl (C=O) groups is 2. The van der Waals surface area contributed by atoms with E-state index < -0.39 is 34.3 Å². The van der Waals surface area contributed by atoms with Crippen molar-refractivity contribution in [2.24, 2.45) is 0 Å². The molecular weight excluding hydrogens is 540 g/mol. The van der Waals surface area contributed by atoms with Gasteiger partial charge in [0.05, 0.1) is 22.0 Å². The van der Waals surface area contributed by atoms with Gasteiger partial charge in [0, 0.05) is 12.6 Å². The summed E-state index contributed by atoms with van der Waals surface area (Å²) < 4.78 is 40.5. The Morgan fingerprint density at radius 2 is 1.76 bits per heavy atom. The quantitative estimate of drug-likeness (QED) is 0.427. The van der Waals surface area contributed by atoms with Gasteiger partial charge in [-0.25, -0.2) is 12.8 Å². The van der Waals surface area contributed by atoms with Gasteiger partial charge in [-0.1, -0.05) is 67.6 Å². The van der Waals surface area contributed by atoms with E-state index in [9.17, 15) is 22.4 Å². The number of halogens is 3. The topological polar surface area (TPSA) is 86.8 Å². The maximum atomic E-state index is 14.5. The van der Waals surface area contributed by atoms with Gasteiger partial charge in [0.1, 0.15) is 18.4 Å². The average Bonchev–Trinajstić information content (AvgIpc) is 2.85. The lowest BCUT2D eigenvalue weighted by atomic mass is 9.95. The number of benzene rings is 2. The molecule has 3 rings (SSSR count). The fourth-order valence-corrected chi connectivity index (χ4v) is 5.72. The first-order valence-corrected chi connectivity index (χ1v) is 14.9. The molecule has 1 aliphatic rings. The standard InChI is InChI=1S/C26H32Cl2FN3O4S/c1-3-23(26(34)30-19-9-5-4-6-10-19)31(16-18-13-14-20(27)21(28)15-18)25(33)17-32(37(2,35)36)24-12-8-7-11-22(24)29/h7-8,11-15,19,23H,3-6,9-10,16-17H2,1-2H3,(H,30,34)/t23-/m0/s1. The molecule has 2 amide bonds. The van der Waals surface area contributed by atoms with E-state index in [1.165, 1.54) is 23.1 Å². The largest absolute Gasteiger partial charge is 0.352 e. The first kappa shape index (κ1) is 29.2. The Balaban J connectivity index is 1.94. The Morgan fingerprint density at radius 3 is 2.35 bits per heavy atom. The molecule has 0 bridgehead atoms. The third kappa shape index (κ3) is 7.82. The highest BCUT2D eigenvalue weighted by molar-refractivity contribution is 7.92. The molecule has 0 saturated heterocycles. The number of hydrogen-bond acceptors (Lipinski definition) is 4. The van der Waals surface area contributed by atoms with E-state index in [2.05, 4.69) is 5.32 Å². The van der Waals surface area contributed by atoms with Crippen LogP contribution in [0.4, 0.5) is 10.1 Å². The normalized spacial score (nSPS) is 15.2. The molecule has 37 heavy (non-hydrogen) atoms. The maximum Gasteiger partial charge on any atom is 0.244 e. The second kappa shape index (κ2) is 12.9. The number of para-hydroxylation sites is 1. The molecule has 0 spiro atoms. The van der Waals surface area contributed by atoms with Crippen LogP contribution in [0.25, 0.3) is 0 Å². The Kier molecular flexibility index (Phi) is 10.2. The summed E-state index contributed by atoms with van der Waals surface area (Å²) in [5.74, 6) is -1.73. The Morgan fingerprint density at radius 1 is 1.08 bits per heavy atom. The molecule has 2 aromatic carbocycles. The van der Waals surface area contributed by atoms with Crippen LogP contribution in [-0.2, 0) is 26.2 Å². The predicted molar refractivity (Wildman–Crippen MR) is 145 cm³/mol. The van der Waals surface area contributed by atoms with Crippen molar-refractivity contribution in [1.82, 2.24) is 10.2 Å². The lowest BCUT2D eigenvalue weighted by Crippen LogP contribution is -2.54. The second-order valence-corrected chi connectivity index (χ2v) is 12.0. The summed E-state index contributed by atoms with van der Waals surface area (Å²) >= 11 is 12.2. The van der Waals surface area contributed by atoms with Crippen molar-refractivity contribution in [1.29, 1.82) is 0 Å². The summed E-state index contributed by atoms with van der Waals surface area (Å²) in [5.41, 5.74) is 0.371. The number of nitrogens with one attached hydrogen (secondary N) is 1. The maximum absolute atomic E-state index is 14.5. The summed E-state index contributed by atoms with van der Waals surface area (Å²) in [6.07, 6.45) is 6.13. The van der Waals surface area contributed by atoms with Crippen molar-refractivity contribution in [2.75, 3.05) is 17.1 Å². The molecule has 0 heterocycles. The van der Waals surface area contributed by atoms with Crippen molar-refractivity contribution in [3.05, 3.63) is 63.9 Å². The van der Waals surface area contributed by atoms with Gasteiger partial charge in [-0.2, -0.15) is 0 Å². The lowest BCUT2D eigenvalue weighted by molar-refractivity contribution is -0.140. The number of anilines is 1. The lowest BCUT2D eigenvalue weighted by Gasteiger charge is -2.34. The minimum absolute atomic E-state index is 0.0127. The van der Waals surface area contributed by atoms with E-state index in [1.807, 2.05) is 0 Å². The van der Waals surface area contributed by atoms with Crippen molar-refractivity contribution < 1.29 is 22.4 Å². The number of carbonyl (C=O) groups excluding carboxylic acids is 2. The van der Waals surface area contributed by atoms with Crippen molar-refractivity contribution in [2.45, 2.75) is 64.1 Å². The van der Waals surface area contributed by atoms with E-state index in [0.29, 0.717) is 17.0 Å². The molecule has 0 aromatic heterocycles. The number of amides is 2. The average molecular weight is 573 g/mol. The van der Waals surface area contributed by atoms with Crippen LogP contribution >= 0.6 is 23.2 Å². The number of nitrogens with zero attached hydrogens (tertiary/aromatic N) is 2. The predicted octanol–water partition coefficient (Wildman–Crippen LogP) is 5.15. The molecule has 202 valence electrons. The molecule has 1 N–H and O–H groups in total. The summed E-state index contributed by atoms with van der Waals surface area (Å²) in [7, 11) is -4.02. The fourth-order valence-electron chi connectivity index (χ4n) is 4.55. The van der Waals surface area contributed by atoms with Crippen molar-refractivity contribution in [3.8, 4) is 0 Å². The molecular formula is C26H32Cl2FN3O4S. The van der Waals surface area contributed by atoms with Gasteiger partial charge in [0.2, 0.25) is 21.8 Å². The van der Waals surface area contributed by atoms with Gasteiger partial charge in [-0.3, -0.25) is 13.9 Å². The smallest absolute Gasteiger partial charge is 0.244 e. The van der Waals surface area contributed by atoms with Crippen molar-refractivity contribution in [3.63, 3.8) is 0 Å². The van der Waals surface area contributed by atoms with Gasteiger partial charge in [0.15, 0.2) is 0 Å². The number of rotatable bonds is 10. The van der Waals surface area contributed by atoms with E-state index in [4.69, 9.17) is 23.2 Å². The number of sulfonamides is 1. The Bertz CT molecular complexity index is 1220. The third-order valence-electron chi connectivity index (χ3n) is 6.47. The summed E-state index contributed by atoms with van der Waals surface area (Å²) in [6, 6.07) is 9.37. The molecule has 2 aromatic rings. The molecule has 11 heteroatoms. The van der Waals surface area contributed by atoms with Crippen LogP contribution in [0.1, 0.15) is 51.0 Å². The van der Waals surface area contributed by atoms with E-state index >= 15 is 0 Å². The van der Waals surface area contributed by atoms with Crippen LogP contribution in [0.2, 0.25) is 10.0 Å². The van der Waals surface area contributed by atoms with Gasteiger partial charge in [-0.05, 0) is 49.1 Å².